The van der Waals surface area contributed by atoms with Crippen molar-refractivity contribution < 1.29 is 14.1 Å². The molecular weight excluding hydrogens is 277 g/mol. The van der Waals surface area contributed by atoms with E-state index in [1.165, 1.54) is 6.07 Å². The van der Waals surface area contributed by atoms with Gasteiger partial charge in [-0.3, -0.25) is 14.9 Å². The maximum absolute atomic E-state index is 13.2. The predicted molar refractivity (Wildman–Crippen MR) is 78.3 cm³/mol. The van der Waals surface area contributed by atoms with Crippen LogP contribution >= 0.6 is 0 Å². The quantitative estimate of drug-likeness (QED) is 0.597. The number of benzene rings is 1. The lowest BCUT2D eigenvalue weighted by molar-refractivity contribution is -0.387. The summed E-state index contributed by atoms with van der Waals surface area (Å²) in [6.07, 6.45) is 1.06. The van der Waals surface area contributed by atoms with Gasteiger partial charge < -0.3 is 11.1 Å². The van der Waals surface area contributed by atoms with Gasteiger partial charge in [-0.2, -0.15) is 4.39 Å². The van der Waals surface area contributed by atoms with Crippen LogP contribution in [-0.4, -0.2) is 17.4 Å². The third-order valence-corrected chi connectivity index (χ3v) is 3.04. The second-order valence-corrected chi connectivity index (χ2v) is 5.41. The van der Waals surface area contributed by atoms with Crippen LogP contribution in [0.5, 0.6) is 0 Å². The van der Waals surface area contributed by atoms with Gasteiger partial charge in [0.1, 0.15) is 0 Å². The Morgan fingerprint density at radius 1 is 1.48 bits per heavy atom. The maximum Gasteiger partial charge on any atom is 0.306 e. The number of nitro groups is 1. The zero-order chi connectivity index (χ0) is 16.0. The summed E-state index contributed by atoms with van der Waals surface area (Å²) in [4.78, 5) is 21.7. The molecule has 6 nitrogen and oxygen atoms in total. The zero-order valence-electron chi connectivity index (χ0n) is 12.1. The van der Waals surface area contributed by atoms with E-state index in [-0.39, 0.29) is 23.9 Å². The van der Waals surface area contributed by atoms with Crippen LogP contribution in [-0.2, 0) is 4.79 Å². The summed E-state index contributed by atoms with van der Waals surface area (Å²) in [6.45, 7) is 4.49. The van der Waals surface area contributed by atoms with E-state index in [0.717, 1.165) is 18.6 Å². The molecule has 0 heterocycles. The number of nitrogens with zero attached hydrogens (tertiary/aromatic N) is 1. The third-order valence-electron chi connectivity index (χ3n) is 3.04. The Bertz CT molecular complexity index is 520. The van der Waals surface area contributed by atoms with E-state index in [1.807, 2.05) is 13.8 Å². The average molecular weight is 297 g/mol. The van der Waals surface area contributed by atoms with Gasteiger partial charge in [-0.25, -0.2) is 0 Å². The lowest BCUT2D eigenvalue weighted by atomic mass is 9.94. The van der Waals surface area contributed by atoms with E-state index in [4.69, 9.17) is 5.73 Å². The maximum atomic E-state index is 13.2. The molecule has 0 spiro atoms. The van der Waals surface area contributed by atoms with Crippen LogP contribution in [0.25, 0.3) is 0 Å². The molecule has 0 aromatic heterocycles. The number of hydrogen-bond donors (Lipinski definition) is 2. The van der Waals surface area contributed by atoms with Crippen molar-refractivity contribution in [2.24, 2.45) is 17.6 Å². The van der Waals surface area contributed by atoms with E-state index >= 15 is 0 Å². The highest BCUT2D eigenvalue weighted by Gasteiger charge is 2.17. The van der Waals surface area contributed by atoms with Gasteiger partial charge in [0.15, 0.2) is 0 Å². The lowest BCUT2D eigenvalue weighted by Gasteiger charge is -2.16. The van der Waals surface area contributed by atoms with Gasteiger partial charge in [0, 0.05) is 18.2 Å². The van der Waals surface area contributed by atoms with Crippen molar-refractivity contribution in [1.82, 2.24) is 0 Å². The van der Waals surface area contributed by atoms with Crippen molar-refractivity contribution >= 4 is 17.3 Å². The molecule has 21 heavy (non-hydrogen) atoms. The van der Waals surface area contributed by atoms with E-state index < -0.39 is 16.4 Å². The van der Waals surface area contributed by atoms with Crippen molar-refractivity contribution in [3.05, 3.63) is 34.1 Å². The molecule has 1 amide bonds. The first-order valence-electron chi connectivity index (χ1n) is 6.77. The van der Waals surface area contributed by atoms with Gasteiger partial charge in [-0.15, -0.1) is 0 Å². The van der Waals surface area contributed by atoms with Gasteiger partial charge in [0.05, 0.1) is 4.92 Å². The highest BCUT2D eigenvalue weighted by atomic mass is 19.1. The number of rotatable bonds is 7. The topological polar surface area (TPSA) is 98.3 Å². The second-order valence-electron chi connectivity index (χ2n) is 5.41. The first-order chi connectivity index (χ1) is 9.83. The molecule has 1 aromatic rings. The van der Waals surface area contributed by atoms with Crippen LogP contribution in [0.2, 0.25) is 0 Å². The number of amides is 1. The Balaban J connectivity index is 2.70. The van der Waals surface area contributed by atoms with Crippen LogP contribution in [0.1, 0.15) is 26.7 Å². The van der Waals surface area contributed by atoms with Crippen LogP contribution in [0.3, 0.4) is 0 Å². The zero-order valence-corrected chi connectivity index (χ0v) is 12.1. The number of carbonyl (C=O) groups excluding carboxylic acids is 1. The largest absolute Gasteiger partial charge is 0.330 e. The average Bonchev–Trinajstić information content (AvgIpc) is 2.39. The molecule has 0 aliphatic rings. The molecule has 3 N–H and O–H groups in total. The summed E-state index contributed by atoms with van der Waals surface area (Å²) in [5.74, 6) is -0.733. The molecule has 0 aliphatic carbocycles. The minimum Gasteiger partial charge on any atom is -0.330 e. The highest BCUT2D eigenvalue weighted by Crippen LogP contribution is 2.22. The molecule has 0 bridgehead atoms. The molecule has 0 radical (unpaired) electrons. The Hall–Kier alpha value is -2.02. The summed E-state index contributed by atoms with van der Waals surface area (Å²) >= 11 is 0. The predicted octanol–water partition coefficient (Wildman–Crippen LogP) is 2.68. The molecular formula is C14H20FN3O3. The third kappa shape index (κ3) is 5.47. The van der Waals surface area contributed by atoms with Gasteiger partial charge in [0.2, 0.25) is 11.7 Å². The Kier molecular flexibility index (Phi) is 6.23. The summed E-state index contributed by atoms with van der Waals surface area (Å²) in [6, 6.07) is 3.26. The van der Waals surface area contributed by atoms with E-state index in [0.29, 0.717) is 12.5 Å². The first kappa shape index (κ1) is 17.0. The van der Waals surface area contributed by atoms with Gasteiger partial charge in [0.25, 0.3) is 0 Å². The molecule has 1 aromatic carbocycles. The van der Waals surface area contributed by atoms with E-state index in [2.05, 4.69) is 5.32 Å². The SMILES string of the molecule is CC(C)CC(CN)CC(=O)Nc1ccc(F)c([N+](=O)[O-])c1. The lowest BCUT2D eigenvalue weighted by Crippen LogP contribution is -2.23. The van der Waals surface area contributed by atoms with E-state index in [1.54, 1.807) is 0 Å². The Morgan fingerprint density at radius 3 is 2.67 bits per heavy atom. The number of carbonyl (C=O) groups is 1. The fourth-order valence-electron chi connectivity index (χ4n) is 2.13. The van der Waals surface area contributed by atoms with Crippen LogP contribution in [0, 0.1) is 27.8 Å². The smallest absolute Gasteiger partial charge is 0.306 e. The van der Waals surface area contributed by atoms with Crippen molar-refractivity contribution in [2.75, 3.05) is 11.9 Å². The first-order valence-corrected chi connectivity index (χ1v) is 6.77. The number of nitrogens with one attached hydrogen (secondary N) is 1. The van der Waals surface area contributed by atoms with Crippen LogP contribution < -0.4 is 11.1 Å². The van der Waals surface area contributed by atoms with Crippen LogP contribution in [0.15, 0.2) is 18.2 Å². The normalized spacial score (nSPS) is 12.2. The molecule has 7 heteroatoms. The summed E-state index contributed by atoms with van der Waals surface area (Å²) < 4.78 is 13.2. The van der Waals surface area contributed by atoms with Crippen molar-refractivity contribution in [3.8, 4) is 0 Å². The standard InChI is InChI=1S/C14H20FN3O3/c1-9(2)5-10(8-16)6-14(19)17-11-3-4-12(15)13(7-11)18(20)21/h3-4,7,9-10H,5-6,8,16H2,1-2H3,(H,17,19). The number of nitrogens with two attached hydrogens (primary N) is 1. The monoisotopic (exact) mass is 297 g/mol. The molecule has 0 saturated heterocycles. The number of halogens is 1. The summed E-state index contributed by atoms with van der Waals surface area (Å²) in [5.41, 5.74) is 5.17. The molecule has 0 saturated carbocycles. The second kappa shape index (κ2) is 7.68. The molecule has 0 aliphatic heterocycles. The van der Waals surface area contributed by atoms with Gasteiger partial charge in [-0.05, 0) is 36.9 Å². The minimum absolute atomic E-state index is 0.0560. The van der Waals surface area contributed by atoms with Crippen LogP contribution in [0.4, 0.5) is 15.8 Å². The van der Waals surface area contributed by atoms with Crippen molar-refractivity contribution in [3.63, 3.8) is 0 Å². The molecule has 0 fully saturated rings. The highest BCUT2D eigenvalue weighted by molar-refractivity contribution is 5.91. The fourth-order valence-corrected chi connectivity index (χ4v) is 2.13. The minimum atomic E-state index is -0.933. The Labute approximate surface area is 122 Å². The molecule has 116 valence electrons. The molecule has 1 unspecified atom stereocenters. The number of hydrogen-bond acceptors (Lipinski definition) is 4. The van der Waals surface area contributed by atoms with Gasteiger partial charge >= 0.3 is 5.69 Å². The number of anilines is 1. The number of nitro benzene ring substituents is 1. The summed E-state index contributed by atoms with van der Waals surface area (Å²) in [7, 11) is 0. The van der Waals surface area contributed by atoms with E-state index in [9.17, 15) is 19.3 Å². The molecule has 1 rings (SSSR count). The fraction of sp³-hybridized carbons (Fsp3) is 0.500. The van der Waals surface area contributed by atoms with Crippen molar-refractivity contribution in [2.45, 2.75) is 26.7 Å². The Morgan fingerprint density at radius 2 is 2.14 bits per heavy atom. The van der Waals surface area contributed by atoms with Crippen molar-refractivity contribution in [1.29, 1.82) is 0 Å². The summed E-state index contributed by atoms with van der Waals surface area (Å²) in [5, 5.41) is 13.2. The molecule has 1 atom stereocenters. The van der Waals surface area contributed by atoms with Gasteiger partial charge in [-0.1, -0.05) is 13.8 Å².